The third kappa shape index (κ3) is 3.12. The molecule has 0 bridgehead atoms. The van der Waals surface area contributed by atoms with Crippen LogP contribution in [0.2, 0.25) is 0 Å². The summed E-state index contributed by atoms with van der Waals surface area (Å²) in [6.45, 7) is 6.08. The minimum atomic E-state index is -0.227. The van der Waals surface area contributed by atoms with Crippen LogP contribution in [0.5, 0.6) is 0 Å². The SMILES string of the molecule is C[C@H](NC(=O)c1cnn2c3c(cnc12)C(=O)CC(C)(C)C3)c1ccccc1. The third-order valence-electron chi connectivity index (χ3n) is 5.10. The first-order chi connectivity index (χ1) is 12.9. The molecule has 1 aliphatic carbocycles. The molecule has 0 aliphatic heterocycles. The summed E-state index contributed by atoms with van der Waals surface area (Å²) in [4.78, 5) is 29.6. The van der Waals surface area contributed by atoms with Crippen LogP contribution >= 0.6 is 0 Å². The Morgan fingerprint density at radius 3 is 2.67 bits per heavy atom. The molecule has 0 unspecified atom stereocenters. The van der Waals surface area contributed by atoms with Gasteiger partial charge in [-0.05, 0) is 24.3 Å². The molecule has 0 spiro atoms. The van der Waals surface area contributed by atoms with Gasteiger partial charge in [-0.2, -0.15) is 5.10 Å². The Hall–Kier alpha value is -3.02. The summed E-state index contributed by atoms with van der Waals surface area (Å²) in [5.41, 5.74) is 3.23. The van der Waals surface area contributed by atoms with E-state index < -0.39 is 0 Å². The molecule has 0 saturated carbocycles. The van der Waals surface area contributed by atoms with Crippen molar-refractivity contribution in [1.29, 1.82) is 0 Å². The van der Waals surface area contributed by atoms with Gasteiger partial charge in [0, 0.05) is 12.6 Å². The van der Waals surface area contributed by atoms with Gasteiger partial charge in [-0.3, -0.25) is 9.59 Å². The summed E-state index contributed by atoms with van der Waals surface area (Å²) < 4.78 is 1.65. The Morgan fingerprint density at radius 1 is 1.19 bits per heavy atom. The number of fused-ring (bicyclic) bond motifs is 3. The summed E-state index contributed by atoms with van der Waals surface area (Å²) in [6, 6.07) is 9.65. The third-order valence-corrected chi connectivity index (χ3v) is 5.10. The van der Waals surface area contributed by atoms with E-state index in [1.807, 2.05) is 37.3 Å². The average Bonchev–Trinajstić information content (AvgIpc) is 3.06. The monoisotopic (exact) mass is 362 g/mol. The topological polar surface area (TPSA) is 76.4 Å². The van der Waals surface area contributed by atoms with E-state index in [4.69, 9.17) is 0 Å². The van der Waals surface area contributed by atoms with Gasteiger partial charge in [-0.25, -0.2) is 9.50 Å². The van der Waals surface area contributed by atoms with Gasteiger partial charge in [0.1, 0.15) is 5.56 Å². The van der Waals surface area contributed by atoms with Crippen molar-refractivity contribution in [2.45, 2.75) is 39.7 Å². The summed E-state index contributed by atoms with van der Waals surface area (Å²) in [5.74, 6) is -0.148. The molecule has 2 aromatic heterocycles. The zero-order valence-electron chi connectivity index (χ0n) is 15.7. The summed E-state index contributed by atoms with van der Waals surface area (Å²) in [7, 11) is 0. The van der Waals surface area contributed by atoms with Crippen LogP contribution in [0.25, 0.3) is 5.65 Å². The molecule has 2 heterocycles. The second-order valence-electron chi connectivity index (χ2n) is 7.96. The van der Waals surface area contributed by atoms with Gasteiger partial charge in [0.15, 0.2) is 11.4 Å². The highest BCUT2D eigenvalue weighted by atomic mass is 16.1. The normalized spacial score (nSPS) is 16.8. The standard InChI is InChI=1S/C21H22N4O2/c1-13(14-7-5-4-6-8-14)24-20(27)16-12-23-25-17-9-21(2,3)10-18(26)15(17)11-22-19(16)25/h4-8,11-13H,9-10H2,1-3H3,(H,24,27)/t13-/m0/s1. The van der Waals surface area contributed by atoms with Crippen molar-refractivity contribution in [2.24, 2.45) is 5.41 Å². The van der Waals surface area contributed by atoms with E-state index in [1.54, 1.807) is 10.7 Å². The molecule has 0 radical (unpaired) electrons. The molecule has 138 valence electrons. The number of hydrogen-bond acceptors (Lipinski definition) is 4. The van der Waals surface area contributed by atoms with E-state index >= 15 is 0 Å². The quantitative estimate of drug-likeness (QED) is 0.775. The van der Waals surface area contributed by atoms with E-state index in [2.05, 4.69) is 29.2 Å². The number of carbonyl (C=O) groups excluding carboxylic acids is 2. The number of amides is 1. The van der Waals surface area contributed by atoms with Gasteiger partial charge in [-0.1, -0.05) is 44.2 Å². The van der Waals surface area contributed by atoms with Crippen LogP contribution < -0.4 is 5.32 Å². The largest absolute Gasteiger partial charge is 0.345 e. The minimum Gasteiger partial charge on any atom is -0.345 e. The fourth-order valence-electron chi connectivity index (χ4n) is 3.69. The summed E-state index contributed by atoms with van der Waals surface area (Å²) in [5, 5.41) is 7.37. The van der Waals surface area contributed by atoms with Gasteiger partial charge in [0.2, 0.25) is 0 Å². The van der Waals surface area contributed by atoms with Crippen molar-refractivity contribution in [3.63, 3.8) is 0 Å². The van der Waals surface area contributed by atoms with Crippen LogP contribution in [0.15, 0.2) is 42.7 Å². The number of nitrogens with zero attached hydrogens (tertiary/aromatic N) is 3. The lowest BCUT2D eigenvalue weighted by molar-refractivity contribution is 0.0907. The predicted molar refractivity (Wildman–Crippen MR) is 102 cm³/mol. The zero-order chi connectivity index (χ0) is 19.2. The van der Waals surface area contributed by atoms with Crippen LogP contribution in [-0.4, -0.2) is 26.3 Å². The summed E-state index contributed by atoms with van der Waals surface area (Å²) >= 11 is 0. The maximum atomic E-state index is 12.8. The smallest absolute Gasteiger partial charge is 0.257 e. The van der Waals surface area contributed by atoms with Crippen molar-refractivity contribution in [1.82, 2.24) is 19.9 Å². The Morgan fingerprint density at radius 2 is 1.93 bits per heavy atom. The highest BCUT2D eigenvalue weighted by Gasteiger charge is 2.33. The van der Waals surface area contributed by atoms with Crippen molar-refractivity contribution < 1.29 is 9.59 Å². The Kier molecular flexibility index (Phi) is 4.06. The molecule has 0 fully saturated rings. The molecule has 1 aromatic carbocycles. The van der Waals surface area contributed by atoms with Gasteiger partial charge in [-0.15, -0.1) is 0 Å². The van der Waals surface area contributed by atoms with Crippen molar-refractivity contribution in [2.75, 3.05) is 0 Å². The molecule has 27 heavy (non-hydrogen) atoms. The second kappa shape index (κ2) is 6.30. The first-order valence-corrected chi connectivity index (χ1v) is 9.10. The van der Waals surface area contributed by atoms with Crippen LogP contribution in [0.3, 0.4) is 0 Å². The lowest BCUT2D eigenvalue weighted by atomic mass is 9.76. The Balaban J connectivity index is 1.68. The van der Waals surface area contributed by atoms with E-state index in [-0.39, 0.29) is 23.1 Å². The molecular weight excluding hydrogens is 340 g/mol. The molecule has 4 rings (SSSR count). The van der Waals surface area contributed by atoms with Gasteiger partial charge >= 0.3 is 0 Å². The van der Waals surface area contributed by atoms with Crippen LogP contribution in [-0.2, 0) is 6.42 Å². The van der Waals surface area contributed by atoms with Crippen molar-refractivity contribution >= 4 is 17.3 Å². The number of ketones is 1. The fourth-order valence-corrected chi connectivity index (χ4v) is 3.69. The molecular formula is C21H22N4O2. The Bertz CT molecular complexity index is 1040. The predicted octanol–water partition coefficient (Wildman–Crippen LogP) is 3.38. The zero-order valence-corrected chi connectivity index (χ0v) is 15.7. The van der Waals surface area contributed by atoms with Gasteiger partial charge in [0.05, 0.1) is 23.5 Å². The second-order valence-corrected chi connectivity index (χ2v) is 7.96. The number of aromatic nitrogens is 3. The number of nitrogens with one attached hydrogen (secondary N) is 1. The number of hydrogen-bond donors (Lipinski definition) is 1. The van der Waals surface area contributed by atoms with Gasteiger partial charge < -0.3 is 5.32 Å². The highest BCUT2D eigenvalue weighted by Crippen LogP contribution is 2.34. The van der Waals surface area contributed by atoms with Crippen molar-refractivity contribution in [3.8, 4) is 0 Å². The average molecular weight is 362 g/mol. The first-order valence-electron chi connectivity index (χ1n) is 9.10. The number of benzene rings is 1. The fraction of sp³-hybridized carbons (Fsp3) is 0.333. The molecule has 1 N–H and O–H groups in total. The molecule has 6 heteroatoms. The van der Waals surface area contributed by atoms with Gasteiger partial charge in [0.25, 0.3) is 5.91 Å². The molecule has 6 nitrogen and oxygen atoms in total. The first kappa shape index (κ1) is 17.4. The molecule has 1 aliphatic rings. The van der Waals surface area contributed by atoms with E-state index in [0.717, 1.165) is 17.7 Å². The maximum absolute atomic E-state index is 12.8. The Labute approximate surface area is 157 Å². The molecule has 1 atom stereocenters. The summed E-state index contributed by atoms with van der Waals surface area (Å²) in [6.07, 6.45) is 4.33. The molecule has 0 saturated heterocycles. The lowest BCUT2D eigenvalue weighted by Crippen LogP contribution is -2.30. The van der Waals surface area contributed by atoms with Crippen LogP contribution in [0.1, 0.15) is 65.2 Å². The minimum absolute atomic E-state index is 0.0786. The van der Waals surface area contributed by atoms with E-state index in [1.165, 1.54) is 6.20 Å². The number of carbonyl (C=O) groups is 2. The molecule has 3 aromatic rings. The van der Waals surface area contributed by atoms with E-state index in [9.17, 15) is 9.59 Å². The van der Waals surface area contributed by atoms with Crippen LogP contribution in [0.4, 0.5) is 0 Å². The lowest BCUT2D eigenvalue weighted by Gasteiger charge is -2.29. The number of Topliss-reactive ketones (excluding diaryl/α,β-unsaturated/α-hetero) is 1. The highest BCUT2D eigenvalue weighted by molar-refractivity contribution is 6.01. The molecule has 1 amide bonds. The van der Waals surface area contributed by atoms with Crippen LogP contribution in [0, 0.1) is 5.41 Å². The number of rotatable bonds is 3. The van der Waals surface area contributed by atoms with Crippen molar-refractivity contribution in [3.05, 3.63) is 65.1 Å². The maximum Gasteiger partial charge on any atom is 0.257 e. The van der Waals surface area contributed by atoms with E-state index in [0.29, 0.717) is 23.2 Å².